The molecule has 1 saturated heterocycles. The standard InChI is InChI=1S/C19H21N5O3/c1-14(25)24-13-17(27-16-6-3-2-5-15(16)24)18(26)22-9-11-23(12-10-22)19-20-7-4-8-21-19/h2-8,17H,9-13H2,1H3. The highest BCUT2D eigenvalue weighted by Crippen LogP contribution is 2.33. The molecule has 0 N–H and O–H groups in total. The highest BCUT2D eigenvalue weighted by Gasteiger charge is 2.36. The molecule has 2 aliphatic heterocycles. The Kier molecular flexibility index (Phi) is 4.62. The van der Waals surface area contributed by atoms with Crippen molar-refractivity contribution in [1.82, 2.24) is 14.9 Å². The highest BCUT2D eigenvalue weighted by atomic mass is 16.5. The topological polar surface area (TPSA) is 78.9 Å². The van der Waals surface area contributed by atoms with Gasteiger partial charge in [0.2, 0.25) is 11.9 Å². The summed E-state index contributed by atoms with van der Waals surface area (Å²) >= 11 is 0. The number of fused-ring (bicyclic) bond motifs is 1. The fourth-order valence-electron chi connectivity index (χ4n) is 3.45. The van der Waals surface area contributed by atoms with Crippen molar-refractivity contribution in [3.05, 3.63) is 42.7 Å². The fourth-order valence-corrected chi connectivity index (χ4v) is 3.45. The molecule has 1 aromatic heterocycles. The maximum absolute atomic E-state index is 13.0. The summed E-state index contributed by atoms with van der Waals surface area (Å²) in [4.78, 5) is 39.0. The first-order valence-electron chi connectivity index (χ1n) is 8.98. The molecule has 0 aliphatic carbocycles. The molecule has 3 heterocycles. The number of hydrogen-bond acceptors (Lipinski definition) is 6. The molecule has 1 aromatic carbocycles. The zero-order chi connectivity index (χ0) is 18.8. The van der Waals surface area contributed by atoms with Gasteiger partial charge in [-0.15, -0.1) is 0 Å². The summed E-state index contributed by atoms with van der Waals surface area (Å²) in [6, 6.07) is 9.08. The number of benzene rings is 1. The molecule has 2 aliphatic rings. The monoisotopic (exact) mass is 367 g/mol. The number of nitrogens with zero attached hydrogens (tertiary/aromatic N) is 5. The van der Waals surface area contributed by atoms with Gasteiger partial charge in [-0.3, -0.25) is 9.59 Å². The molecular formula is C19H21N5O3. The number of ether oxygens (including phenoxy) is 1. The van der Waals surface area contributed by atoms with Crippen molar-refractivity contribution in [2.24, 2.45) is 0 Å². The molecule has 27 heavy (non-hydrogen) atoms. The average molecular weight is 367 g/mol. The SMILES string of the molecule is CC(=O)N1CC(C(=O)N2CCN(c3ncccn3)CC2)Oc2ccccc21. The average Bonchev–Trinajstić information content (AvgIpc) is 2.73. The van der Waals surface area contributed by atoms with Gasteiger partial charge in [0.15, 0.2) is 6.10 Å². The number of piperazine rings is 1. The normalized spacial score (nSPS) is 19.3. The number of para-hydroxylation sites is 2. The van der Waals surface area contributed by atoms with Gasteiger partial charge in [-0.25, -0.2) is 9.97 Å². The van der Waals surface area contributed by atoms with Crippen molar-refractivity contribution in [3.8, 4) is 5.75 Å². The lowest BCUT2D eigenvalue weighted by molar-refractivity contribution is -0.139. The molecule has 140 valence electrons. The van der Waals surface area contributed by atoms with Crippen LogP contribution in [0.2, 0.25) is 0 Å². The van der Waals surface area contributed by atoms with Gasteiger partial charge in [0, 0.05) is 45.5 Å². The van der Waals surface area contributed by atoms with E-state index in [1.165, 1.54) is 6.92 Å². The van der Waals surface area contributed by atoms with Gasteiger partial charge >= 0.3 is 0 Å². The molecule has 2 aromatic rings. The number of rotatable bonds is 2. The van der Waals surface area contributed by atoms with Gasteiger partial charge in [0.05, 0.1) is 12.2 Å². The molecule has 4 rings (SSSR count). The lowest BCUT2D eigenvalue weighted by atomic mass is 10.1. The number of carbonyl (C=O) groups excluding carboxylic acids is 2. The lowest BCUT2D eigenvalue weighted by Gasteiger charge is -2.39. The summed E-state index contributed by atoms with van der Waals surface area (Å²) in [7, 11) is 0. The molecule has 0 bridgehead atoms. The Hall–Kier alpha value is -3.16. The third kappa shape index (κ3) is 3.42. The van der Waals surface area contributed by atoms with Crippen LogP contribution in [-0.2, 0) is 9.59 Å². The van der Waals surface area contributed by atoms with E-state index < -0.39 is 6.10 Å². The van der Waals surface area contributed by atoms with E-state index in [0.29, 0.717) is 43.6 Å². The molecule has 1 fully saturated rings. The zero-order valence-electron chi connectivity index (χ0n) is 15.1. The summed E-state index contributed by atoms with van der Waals surface area (Å²) < 4.78 is 5.92. The molecular weight excluding hydrogens is 346 g/mol. The van der Waals surface area contributed by atoms with Crippen LogP contribution >= 0.6 is 0 Å². The molecule has 2 amide bonds. The van der Waals surface area contributed by atoms with E-state index in [0.717, 1.165) is 0 Å². The summed E-state index contributed by atoms with van der Waals surface area (Å²) in [5.74, 6) is 1.04. The van der Waals surface area contributed by atoms with E-state index >= 15 is 0 Å². The molecule has 1 atom stereocenters. The minimum Gasteiger partial charge on any atom is -0.476 e. The van der Waals surface area contributed by atoms with Crippen LogP contribution in [0, 0.1) is 0 Å². The van der Waals surface area contributed by atoms with Gasteiger partial charge in [-0.05, 0) is 18.2 Å². The first kappa shape index (κ1) is 17.3. The van der Waals surface area contributed by atoms with E-state index in [-0.39, 0.29) is 18.4 Å². The van der Waals surface area contributed by atoms with Gasteiger partial charge in [-0.1, -0.05) is 12.1 Å². The quantitative estimate of drug-likeness (QED) is 0.786. The van der Waals surface area contributed by atoms with Crippen LogP contribution in [-0.4, -0.2) is 65.5 Å². The van der Waals surface area contributed by atoms with Crippen LogP contribution in [0.25, 0.3) is 0 Å². The second-order valence-corrected chi connectivity index (χ2v) is 6.56. The summed E-state index contributed by atoms with van der Waals surface area (Å²) in [5.41, 5.74) is 0.708. The summed E-state index contributed by atoms with van der Waals surface area (Å²) in [6.07, 6.45) is 2.73. The van der Waals surface area contributed by atoms with Crippen molar-refractivity contribution in [2.45, 2.75) is 13.0 Å². The zero-order valence-corrected chi connectivity index (χ0v) is 15.1. The van der Waals surface area contributed by atoms with E-state index in [2.05, 4.69) is 14.9 Å². The van der Waals surface area contributed by atoms with Crippen LogP contribution in [0.5, 0.6) is 5.75 Å². The Labute approximate surface area is 157 Å². The van der Waals surface area contributed by atoms with Crippen molar-refractivity contribution in [2.75, 3.05) is 42.5 Å². The Balaban J connectivity index is 1.44. The summed E-state index contributed by atoms with van der Waals surface area (Å²) in [6.45, 7) is 4.19. The number of hydrogen-bond donors (Lipinski definition) is 0. The van der Waals surface area contributed by atoms with E-state index in [1.807, 2.05) is 18.2 Å². The van der Waals surface area contributed by atoms with Gasteiger partial charge in [-0.2, -0.15) is 0 Å². The van der Waals surface area contributed by atoms with E-state index in [4.69, 9.17) is 4.74 Å². The summed E-state index contributed by atoms with van der Waals surface area (Å²) in [5, 5.41) is 0. The maximum Gasteiger partial charge on any atom is 0.265 e. The second kappa shape index (κ2) is 7.22. The molecule has 8 nitrogen and oxygen atoms in total. The number of amides is 2. The largest absolute Gasteiger partial charge is 0.476 e. The molecule has 0 radical (unpaired) electrons. The third-order valence-corrected chi connectivity index (χ3v) is 4.86. The molecule has 0 saturated carbocycles. The Morgan fingerprint density at radius 1 is 1.04 bits per heavy atom. The Bertz CT molecular complexity index is 836. The minimum absolute atomic E-state index is 0.0932. The van der Waals surface area contributed by atoms with Crippen molar-refractivity contribution < 1.29 is 14.3 Å². The lowest BCUT2D eigenvalue weighted by Crippen LogP contribution is -2.56. The Morgan fingerprint density at radius 3 is 2.44 bits per heavy atom. The van der Waals surface area contributed by atoms with Crippen molar-refractivity contribution in [3.63, 3.8) is 0 Å². The Morgan fingerprint density at radius 2 is 1.74 bits per heavy atom. The van der Waals surface area contributed by atoms with Gasteiger partial charge in [0.25, 0.3) is 5.91 Å². The molecule has 1 unspecified atom stereocenters. The number of carbonyl (C=O) groups is 2. The third-order valence-electron chi connectivity index (χ3n) is 4.86. The predicted molar refractivity (Wildman–Crippen MR) is 99.7 cm³/mol. The molecule has 8 heteroatoms. The number of anilines is 2. The van der Waals surface area contributed by atoms with E-state index in [9.17, 15) is 9.59 Å². The van der Waals surface area contributed by atoms with Crippen LogP contribution in [0.3, 0.4) is 0 Å². The first-order chi connectivity index (χ1) is 13.1. The fraction of sp³-hybridized carbons (Fsp3) is 0.368. The first-order valence-corrected chi connectivity index (χ1v) is 8.98. The number of aromatic nitrogens is 2. The van der Waals surface area contributed by atoms with Crippen molar-refractivity contribution >= 4 is 23.5 Å². The minimum atomic E-state index is -0.691. The van der Waals surface area contributed by atoms with Crippen LogP contribution in [0.4, 0.5) is 11.6 Å². The van der Waals surface area contributed by atoms with E-state index in [1.54, 1.807) is 34.3 Å². The predicted octanol–water partition coefficient (Wildman–Crippen LogP) is 0.939. The second-order valence-electron chi connectivity index (χ2n) is 6.56. The van der Waals surface area contributed by atoms with Gasteiger partial charge in [0.1, 0.15) is 5.75 Å². The maximum atomic E-state index is 13.0. The van der Waals surface area contributed by atoms with Crippen LogP contribution < -0.4 is 14.5 Å². The van der Waals surface area contributed by atoms with Gasteiger partial charge < -0.3 is 19.4 Å². The molecule has 0 spiro atoms. The smallest absolute Gasteiger partial charge is 0.265 e. The van der Waals surface area contributed by atoms with Crippen molar-refractivity contribution in [1.29, 1.82) is 0 Å². The van der Waals surface area contributed by atoms with Crippen LogP contribution in [0.1, 0.15) is 6.92 Å². The van der Waals surface area contributed by atoms with Crippen LogP contribution in [0.15, 0.2) is 42.7 Å². The highest BCUT2D eigenvalue weighted by molar-refractivity contribution is 5.95.